The van der Waals surface area contributed by atoms with Crippen molar-refractivity contribution in [2.75, 3.05) is 30.3 Å². The second-order valence-electron chi connectivity index (χ2n) is 6.81. The maximum atomic E-state index is 12.7. The zero-order valence-corrected chi connectivity index (χ0v) is 15.6. The summed E-state index contributed by atoms with van der Waals surface area (Å²) in [6, 6.07) is 16.5. The Morgan fingerprint density at radius 1 is 0.963 bits per heavy atom. The van der Waals surface area contributed by atoms with E-state index in [4.69, 9.17) is 4.74 Å². The molecule has 0 aromatic heterocycles. The van der Waals surface area contributed by atoms with E-state index in [1.165, 1.54) is 0 Å². The number of morpholine rings is 1. The van der Waals surface area contributed by atoms with Gasteiger partial charge in [-0.2, -0.15) is 0 Å². The largest absolute Gasteiger partial charge is 0.376 e. The second-order valence-corrected chi connectivity index (χ2v) is 6.81. The monoisotopic (exact) mass is 367 g/mol. The van der Waals surface area contributed by atoms with Crippen LogP contribution in [0.3, 0.4) is 0 Å². The first kappa shape index (κ1) is 18.9. The van der Waals surface area contributed by atoms with Crippen LogP contribution in [0.5, 0.6) is 0 Å². The van der Waals surface area contributed by atoms with Crippen molar-refractivity contribution in [2.24, 2.45) is 0 Å². The highest BCUT2D eigenvalue weighted by molar-refractivity contribution is 5.95. The number of ether oxygens (including phenoxy) is 1. The molecule has 0 radical (unpaired) electrons. The summed E-state index contributed by atoms with van der Waals surface area (Å²) in [5.74, 6) is -0.122. The Labute approximate surface area is 159 Å². The normalized spacial score (nSPS) is 19.4. The molecule has 0 saturated carbocycles. The Balaban J connectivity index is 1.52. The maximum Gasteiger partial charge on any atom is 0.254 e. The zero-order valence-electron chi connectivity index (χ0n) is 15.6. The molecule has 2 aromatic carbocycles. The maximum absolute atomic E-state index is 12.7. The average Bonchev–Trinajstić information content (AvgIpc) is 2.66. The van der Waals surface area contributed by atoms with Crippen molar-refractivity contribution in [2.45, 2.75) is 26.1 Å². The van der Waals surface area contributed by atoms with Gasteiger partial charge < -0.3 is 20.3 Å². The smallest absolute Gasteiger partial charge is 0.254 e. The molecule has 6 nitrogen and oxygen atoms in total. The predicted molar refractivity (Wildman–Crippen MR) is 106 cm³/mol. The molecule has 1 aliphatic heterocycles. The lowest BCUT2D eigenvalue weighted by Crippen LogP contribution is -2.48. The van der Waals surface area contributed by atoms with Crippen LogP contribution in [-0.4, -0.2) is 48.6 Å². The van der Waals surface area contributed by atoms with Gasteiger partial charge in [0.15, 0.2) is 0 Å². The minimum atomic E-state index is -0.127. The fraction of sp³-hybridized carbons (Fsp3) is 0.333. The van der Waals surface area contributed by atoms with Gasteiger partial charge in [0.1, 0.15) is 0 Å². The van der Waals surface area contributed by atoms with Gasteiger partial charge in [-0.3, -0.25) is 9.59 Å². The van der Waals surface area contributed by atoms with Gasteiger partial charge >= 0.3 is 0 Å². The van der Waals surface area contributed by atoms with Crippen LogP contribution in [0.1, 0.15) is 24.2 Å². The van der Waals surface area contributed by atoms with Crippen LogP contribution >= 0.6 is 0 Å². The van der Waals surface area contributed by atoms with E-state index in [0.29, 0.717) is 18.7 Å². The van der Waals surface area contributed by atoms with E-state index in [1.54, 1.807) is 12.1 Å². The number of carbonyl (C=O) groups is 2. The number of benzene rings is 2. The fourth-order valence-corrected chi connectivity index (χ4v) is 3.17. The first-order valence-electron chi connectivity index (χ1n) is 9.15. The number of rotatable bonds is 5. The molecule has 1 aliphatic rings. The van der Waals surface area contributed by atoms with Crippen molar-refractivity contribution in [1.29, 1.82) is 0 Å². The lowest BCUT2D eigenvalue weighted by molar-refractivity contribution is -0.114. The molecule has 0 spiro atoms. The van der Waals surface area contributed by atoms with Crippen molar-refractivity contribution < 1.29 is 14.3 Å². The van der Waals surface area contributed by atoms with Crippen molar-refractivity contribution in [3.63, 3.8) is 0 Å². The van der Waals surface area contributed by atoms with Crippen molar-refractivity contribution >= 4 is 23.2 Å². The van der Waals surface area contributed by atoms with E-state index >= 15 is 0 Å². The number of hydrogen-bond acceptors (Lipinski definition) is 4. The van der Waals surface area contributed by atoms with Crippen molar-refractivity contribution in [3.8, 4) is 0 Å². The number of nitrogens with zero attached hydrogens (tertiary/aromatic N) is 1. The molecule has 2 amide bonds. The number of carbonyl (C=O) groups excluding carboxylic acids is 2. The quantitative estimate of drug-likeness (QED) is 0.852. The van der Waals surface area contributed by atoms with Gasteiger partial charge in [-0.1, -0.05) is 18.2 Å². The van der Waals surface area contributed by atoms with Crippen molar-refractivity contribution in [3.05, 3.63) is 60.2 Å². The average molecular weight is 367 g/mol. The van der Waals surface area contributed by atoms with E-state index < -0.39 is 0 Å². The minimum Gasteiger partial charge on any atom is -0.376 e. The Morgan fingerprint density at radius 3 is 2.22 bits per heavy atom. The van der Waals surface area contributed by atoms with E-state index in [0.717, 1.165) is 11.4 Å². The predicted octanol–water partition coefficient (Wildman–Crippen LogP) is 2.99. The number of para-hydroxylation sites is 1. The lowest BCUT2D eigenvalue weighted by atomic mass is 10.1. The van der Waals surface area contributed by atoms with E-state index in [-0.39, 0.29) is 30.6 Å². The van der Waals surface area contributed by atoms with Crippen LogP contribution < -0.4 is 10.6 Å². The van der Waals surface area contributed by atoms with Crippen LogP contribution in [0.2, 0.25) is 0 Å². The Morgan fingerprint density at radius 2 is 1.59 bits per heavy atom. The molecule has 2 aromatic rings. The van der Waals surface area contributed by atoms with Crippen LogP contribution in [-0.2, 0) is 9.53 Å². The molecule has 3 rings (SSSR count). The van der Waals surface area contributed by atoms with Crippen LogP contribution in [0.15, 0.2) is 54.6 Å². The molecule has 1 heterocycles. The topological polar surface area (TPSA) is 70.7 Å². The molecule has 2 unspecified atom stereocenters. The van der Waals surface area contributed by atoms with Crippen LogP contribution in [0.25, 0.3) is 0 Å². The Kier molecular flexibility index (Phi) is 6.08. The third-order valence-corrected chi connectivity index (χ3v) is 4.35. The summed E-state index contributed by atoms with van der Waals surface area (Å²) in [7, 11) is 0. The van der Waals surface area contributed by atoms with Crippen molar-refractivity contribution in [1.82, 2.24) is 4.90 Å². The van der Waals surface area contributed by atoms with Gasteiger partial charge in [0, 0.05) is 30.0 Å². The molecule has 0 aliphatic carbocycles. The summed E-state index contributed by atoms with van der Waals surface area (Å²) in [5.41, 5.74) is 2.19. The summed E-state index contributed by atoms with van der Waals surface area (Å²) < 4.78 is 5.68. The zero-order chi connectivity index (χ0) is 19.2. The summed E-state index contributed by atoms with van der Waals surface area (Å²) in [6.45, 7) is 5.30. The molecule has 0 bridgehead atoms. The molecule has 2 N–H and O–H groups in total. The van der Waals surface area contributed by atoms with Gasteiger partial charge in [-0.15, -0.1) is 0 Å². The molecule has 1 fully saturated rings. The van der Waals surface area contributed by atoms with E-state index in [1.807, 2.05) is 61.2 Å². The fourth-order valence-electron chi connectivity index (χ4n) is 3.17. The SMILES string of the molecule is CC1CN(C(=O)c2ccc(NCC(=O)Nc3ccccc3)cc2)CC(C)O1. The number of amides is 2. The van der Waals surface area contributed by atoms with Crippen LogP contribution in [0.4, 0.5) is 11.4 Å². The number of nitrogens with one attached hydrogen (secondary N) is 2. The molecule has 142 valence electrons. The van der Waals surface area contributed by atoms with Gasteiger partial charge in [-0.25, -0.2) is 0 Å². The van der Waals surface area contributed by atoms with Gasteiger partial charge in [0.25, 0.3) is 5.91 Å². The highest BCUT2D eigenvalue weighted by Gasteiger charge is 2.26. The Bertz CT molecular complexity index is 767. The van der Waals surface area contributed by atoms with Gasteiger partial charge in [0.05, 0.1) is 18.8 Å². The molecule has 2 atom stereocenters. The Hall–Kier alpha value is -2.86. The first-order chi connectivity index (χ1) is 13.0. The molecular formula is C21H25N3O3. The molecule has 6 heteroatoms. The summed E-state index contributed by atoms with van der Waals surface area (Å²) in [5, 5.41) is 5.89. The number of anilines is 2. The summed E-state index contributed by atoms with van der Waals surface area (Å²) in [4.78, 5) is 26.5. The lowest BCUT2D eigenvalue weighted by Gasteiger charge is -2.35. The van der Waals surface area contributed by atoms with E-state index in [9.17, 15) is 9.59 Å². The van der Waals surface area contributed by atoms with Gasteiger partial charge in [-0.05, 0) is 50.2 Å². The highest BCUT2D eigenvalue weighted by atomic mass is 16.5. The third kappa shape index (κ3) is 5.31. The summed E-state index contributed by atoms with van der Waals surface area (Å²) in [6.07, 6.45) is 0.0866. The standard InChI is InChI=1S/C21H25N3O3/c1-15-13-24(14-16(2)27-15)21(26)17-8-10-18(11-9-17)22-12-20(25)23-19-6-4-3-5-7-19/h3-11,15-16,22H,12-14H2,1-2H3,(H,23,25). The number of hydrogen-bond donors (Lipinski definition) is 2. The summed E-state index contributed by atoms with van der Waals surface area (Å²) >= 11 is 0. The molecular weight excluding hydrogens is 342 g/mol. The molecule has 1 saturated heterocycles. The first-order valence-corrected chi connectivity index (χ1v) is 9.15. The third-order valence-electron chi connectivity index (χ3n) is 4.35. The highest BCUT2D eigenvalue weighted by Crippen LogP contribution is 2.16. The van der Waals surface area contributed by atoms with E-state index in [2.05, 4.69) is 10.6 Å². The van der Waals surface area contributed by atoms with Crippen LogP contribution in [0, 0.1) is 0 Å². The minimum absolute atomic E-state index is 0.00497. The molecule has 27 heavy (non-hydrogen) atoms. The second kappa shape index (κ2) is 8.68. The van der Waals surface area contributed by atoms with Gasteiger partial charge in [0.2, 0.25) is 5.91 Å².